The van der Waals surface area contributed by atoms with Crippen molar-refractivity contribution in [2.75, 3.05) is 6.54 Å². The minimum absolute atomic E-state index is 0.00528. The number of carbonyl (C=O) groups is 1. The summed E-state index contributed by atoms with van der Waals surface area (Å²) in [6.07, 6.45) is 4.60. The summed E-state index contributed by atoms with van der Waals surface area (Å²) in [4.78, 5) is 20.0. The van der Waals surface area contributed by atoms with E-state index in [4.69, 9.17) is 0 Å². The largest absolute Gasteiger partial charge is 0.328 e. The summed E-state index contributed by atoms with van der Waals surface area (Å²) in [6.45, 7) is 2.85. The standard InChI is InChI=1S/C17H18N4OS/c1-11-5-6-14-12(8-11)9-15(23-14)17(22)21-7-3-2-4-13(21)16-18-10-19-20-16/h5-6,8-10,13H,2-4,7H2,1H3,(H,18,19,20). The summed E-state index contributed by atoms with van der Waals surface area (Å²) in [7, 11) is 0. The first-order valence-corrected chi connectivity index (χ1v) is 8.70. The van der Waals surface area contributed by atoms with Gasteiger partial charge >= 0.3 is 0 Å². The highest BCUT2D eigenvalue weighted by atomic mass is 32.1. The molecule has 1 aromatic carbocycles. The molecule has 1 N–H and O–H groups in total. The molecule has 1 saturated heterocycles. The molecule has 0 bridgehead atoms. The molecule has 3 aromatic rings. The fraction of sp³-hybridized carbons (Fsp3) is 0.353. The number of H-pyrrole nitrogens is 1. The van der Waals surface area contributed by atoms with Crippen LogP contribution in [0.1, 0.15) is 46.4 Å². The van der Waals surface area contributed by atoms with Crippen LogP contribution in [-0.2, 0) is 0 Å². The fourth-order valence-electron chi connectivity index (χ4n) is 3.24. The third kappa shape index (κ3) is 2.63. The molecule has 4 rings (SSSR count). The Kier molecular flexibility index (Phi) is 3.61. The maximum atomic E-state index is 13.0. The van der Waals surface area contributed by atoms with Crippen molar-refractivity contribution in [1.82, 2.24) is 20.1 Å². The Morgan fingerprint density at radius 2 is 2.26 bits per heavy atom. The second kappa shape index (κ2) is 5.77. The van der Waals surface area contributed by atoms with Crippen molar-refractivity contribution in [2.45, 2.75) is 32.2 Å². The fourth-order valence-corrected chi connectivity index (χ4v) is 4.24. The number of hydrogen-bond acceptors (Lipinski definition) is 4. The molecule has 6 heteroatoms. The van der Waals surface area contributed by atoms with Crippen LogP contribution in [0.2, 0.25) is 0 Å². The molecule has 1 amide bonds. The van der Waals surface area contributed by atoms with Gasteiger partial charge in [-0.15, -0.1) is 11.3 Å². The van der Waals surface area contributed by atoms with E-state index >= 15 is 0 Å². The number of rotatable bonds is 2. The van der Waals surface area contributed by atoms with Crippen molar-refractivity contribution >= 4 is 27.3 Å². The Morgan fingerprint density at radius 3 is 3.09 bits per heavy atom. The Balaban J connectivity index is 1.67. The molecular formula is C17H18N4OS. The number of carbonyl (C=O) groups excluding carboxylic acids is 1. The minimum Gasteiger partial charge on any atom is -0.328 e. The zero-order valence-corrected chi connectivity index (χ0v) is 13.8. The monoisotopic (exact) mass is 326 g/mol. The number of aryl methyl sites for hydroxylation is 1. The SMILES string of the molecule is Cc1ccc2sc(C(=O)N3CCCCC3c3ncn[nH]3)cc2c1. The van der Waals surface area contributed by atoms with Crippen molar-refractivity contribution in [3.8, 4) is 0 Å². The second-order valence-electron chi connectivity index (χ2n) is 6.03. The number of hydrogen-bond donors (Lipinski definition) is 1. The summed E-state index contributed by atoms with van der Waals surface area (Å²) in [6, 6.07) is 8.33. The van der Waals surface area contributed by atoms with E-state index in [2.05, 4.69) is 40.3 Å². The average Bonchev–Trinajstić information content (AvgIpc) is 3.23. The first-order valence-electron chi connectivity index (χ1n) is 7.89. The normalized spacial score (nSPS) is 18.5. The van der Waals surface area contributed by atoms with Crippen molar-refractivity contribution < 1.29 is 4.79 Å². The van der Waals surface area contributed by atoms with Gasteiger partial charge < -0.3 is 4.90 Å². The molecule has 1 atom stereocenters. The predicted molar refractivity (Wildman–Crippen MR) is 90.6 cm³/mol. The van der Waals surface area contributed by atoms with Gasteiger partial charge in [0.2, 0.25) is 0 Å². The number of likely N-dealkylation sites (tertiary alicyclic amines) is 1. The van der Waals surface area contributed by atoms with E-state index in [0.29, 0.717) is 0 Å². The molecule has 0 aliphatic carbocycles. The minimum atomic E-state index is 0.00528. The number of nitrogens with zero attached hydrogens (tertiary/aromatic N) is 3. The van der Waals surface area contributed by atoms with Gasteiger partial charge in [0, 0.05) is 11.2 Å². The number of aromatic amines is 1. The van der Waals surface area contributed by atoms with Gasteiger partial charge in [-0.25, -0.2) is 4.98 Å². The van der Waals surface area contributed by atoms with E-state index in [0.717, 1.165) is 46.6 Å². The molecule has 1 aliphatic rings. The third-order valence-electron chi connectivity index (χ3n) is 4.40. The Labute approximate surface area is 138 Å². The number of amides is 1. The summed E-state index contributed by atoms with van der Waals surface area (Å²) < 4.78 is 1.16. The van der Waals surface area contributed by atoms with Gasteiger partial charge in [0.15, 0.2) is 0 Å². The van der Waals surface area contributed by atoms with E-state index in [1.165, 1.54) is 11.9 Å². The molecule has 23 heavy (non-hydrogen) atoms. The van der Waals surface area contributed by atoms with Crippen LogP contribution in [0.15, 0.2) is 30.6 Å². The van der Waals surface area contributed by atoms with E-state index in [1.54, 1.807) is 11.3 Å². The number of thiophene rings is 1. The number of benzene rings is 1. The van der Waals surface area contributed by atoms with Gasteiger partial charge in [-0.2, -0.15) is 5.10 Å². The van der Waals surface area contributed by atoms with Gasteiger partial charge in [0.1, 0.15) is 12.2 Å². The smallest absolute Gasteiger partial charge is 0.264 e. The highest BCUT2D eigenvalue weighted by molar-refractivity contribution is 7.20. The second-order valence-corrected chi connectivity index (χ2v) is 7.12. The molecule has 0 spiro atoms. The van der Waals surface area contributed by atoms with Gasteiger partial charge in [-0.05, 0) is 43.7 Å². The van der Waals surface area contributed by atoms with Crippen LogP contribution in [0.25, 0.3) is 10.1 Å². The van der Waals surface area contributed by atoms with Crippen molar-refractivity contribution in [2.24, 2.45) is 0 Å². The summed E-state index contributed by atoms with van der Waals surface area (Å²) >= 11 is 1.57. The van der Waals surface area contributed by atoms with Crippen LogP contribution in [0.3, 0.4) is 0 Å². The highest BCUT2D eigenvalue weighted by Gasteiger charge is 2.31. The lowest BCUT2D eigenvalue weighted by molar-refractivity contribution is 0.0605. The Hall–Kier alpha value is -2.21. The lowest BCUT2D eigenvalue weighted by Crippen LogP contribution is -2.38. The quantitative estimate of drug-likeness (QED) is 0.781. The maximum absolute atomic E-state index is 13.0. The zero-order chi connectivity index (χ0) is 15.8. The molecular weight excluding hydrogens is 308 g/mol. The Morgan fingerprint density at radius 1 is 1.35 bits per heavy atom. The molecule has 118 valence electrons. The molecule has 2 aromatic heterocycles. The van der Waals surface area contributed by atoms with Crippen molar-refractivity contribution in [3.05, 3.63) is 46.9 Å². The van der Waals surface area contributed by atoms with E-state index < -0.39 is 0 Å². The molecule has 1 unspecified atom stereocenters. The van der Waals surface area contributed by atoms with Gasteiger partial charge in [0.05, 0.1) is 10.9 Å². The first-order chi connectivity index (χ1) is 11.2. The molecule has 0 radical (unpaired) electrons. The molecule has 1 fully saturated rings. The van der Waals surface area contributed by atoms with Crippen molar-refractivity contribution in [1.29, 1.82) is 0 Å². The zero-order valence-electron chi connectivity index (χ0n) is 13.0. The van der Waals surface area contributed by atoms with Crippen LogP contribution < -0.4 is 0 Å². The van der Waals surface area contributed by atoms with E-state index in [9.17, 15) is 4.79 Å². The van der Waals surface area contributed by atoms with Gasteiger partial charge in [-0.3, -0.25) is 9.89 Å². The van der Waals surface area contributed by atoms with Crippen LogP contribution in [-0.4, -0.2) is 32.5 Å². The van der Waals surface area contributed by atoms with Gasteiger partial charge in [-0.1, -0.05) is 17.7 Å². The summed E-state index contributed by atoms with van der Waals surface area (Å²) in [5.41, 5.74) is 1.21. The summed E-state index contributed by atoms with van der Waals surface area (Å²) in [5, 5.41) is 8.01. The van der Waals surface area contributed by atoms with E-state index in [-0.39, 0.29) is 11.9 Å². The first kappa shape index (κ1) is 14.4. The number of piperidine rings is 1. The Bertz CT molecular complexity index is 840. The summed E-state index contributed by atoms with van der Waals surface area (Å²) in [5.74, 6) is 0.889. The molecule has 5 nitrogen and oxygen atoms in total. The van der Waals surface area contributed by atoms with E-state index in [1.807, 2.05) is 11.0 Å². The van der Waals surface area contributed by atoms with Crippen LogP contribution in [0.4, 0.5) is 0 Å². The molecule has 3 heterocycles. The lowest BCUT2D eigenvalue weighted by Gasteiger charge is -2.34. The van der Waals surface area contributed by atoms with Crippen LogP contribution >= 0.6 is 11.3 Å². The highest BCUT2D eigenvalue weighted by Crippen LogP contribution is 2.33. The third-order valence-corrected chi connectivity index (χ3v) is 5.50. The predicted octanol–water partition coefficient (Wildman–Crippen LogP) is 3.70. The maximum Gasteiger partial charge on any atom is 0.264 e. The number of aromatic nitrogens is 3. The number of nitrogens with one attached hydrogen (secondary N) is 1. The topological polar surface area (TPSA) is 61.9 Å². The van der Waals surface area contributed by atoms with Crippen molar-refractivity contribution in [3.63, 3.8) is 0 Å². The molecule has 1 aliphatic heterocycles. The number of fused-ring (bicyclic) bond motifs is 1. The van der Waals surface area contributed by atoms with Crippen LogP contribution in [0, 0.1) is 6.92 Å². The molecule has 0 saturated carbocycles. The average molecular weight is 326 g/mol. The van der Waals surface area contributed by atoms with Crippen LogP contribution in [0.5, 0.6) is 0 Å². The lowest BCUT2D eigenvalue weighted by atomic mass is 10.0. The van der Waals surface area contributed by atoms with Gasteiger partial charge in [0.25, 0.3) is 5.91 Å².